The van der Waals surface area contributed by atoms with E-state index >= 15 is 0 Å². The highest BCUT2D eigenvalue weighted by atomic mass is 16.5. The lowest BCUT2D eigenvalue weighted by molar-refractivity contribution is -0.0844. The van der Waals surface area contributed by atoms with Gasteiger partial charge in [0.05, 0.1) is 19.3 Å². The quantitative estimate of drug-likeness (QED) is 0.920. The lowest BCUT2D eigenvalue weighted by atomic mass is 9.84. The highest BCUT2D eigenvalue weighted by Gasteiger charge is 2.33. The van der Waals surface area contributed by atoms with E-state index in [1.165, 1.54) is 11.1 Å². The molecule has 3 nitrogen and oxygen atoms in total. The van der Waals surface area contributed by atoms with Gasteiger partial charge in [-0.2, -0.15) is 0 Å². The van der Waals surface area contributed by atoms with Gasteiger partial charge in [0, 0.05) is 13.0 Å². The van der Waals surface area contributed by atoms with Gasteiger partial charge in [0.25, 0.3) is 0 Å². The van der Waals surface area contributed by atoms with Gasteiger partial charge in [-0.15, -0.1) is 0 Å². The molecule has 3 heteroatoms. The predicted molar refractivity (Wildman–Crippen MR) is 91.1 cm³/mol. The summed E-state index contributed by atoms with van der Waals surface area (Å²) in [5.41, 5.74) is 3.53. The van der Waals surface area contributed by atoms with E-state index in [9.17, 15) is 5.11 Å². The number of hydrogen-bond donors (Lipinski definition) is 1. The SMILES string of the molecule is COC[C@@H](O)[C@H]1OCc2ccccc2[C@H]1C=Cc1ccccc1. The first-order valence-electron chi connectivity index (χ1n) is 7.89. The molecule has 2 aromatic carbocycles. The van der Waals surface area contributed by atoms with E-state index in [0.29, 0.717) is 6.61 Å². The van der Waals surface area contributed by atoms with Gasteiger partial charge in [-0.25, -0.2) is 0 Å². The highest BCUT2D eigenvalue weighted by Crippen LogP contribution is 2.34. The molecule has 1 aliphatic rings. The molecule has 0 aliphatic carbocycles. The van der Waals surface area contributed by atoms with Gasteiger partial charge in [0.2, 0.25) is 0 Å². The van der Waals surface area contributed by atoms with Crippen molar-refractivity contribution in [3.05, 3.63) is 77.4 Å². The Bertz CT molecular complexity index is 651. The third-order valence-electron chi connectivity index (χ3n) is 4.21. The lowest BCUT2D eigenvalue weighted by Crippen LogP contribution is -2.39. The van der Waals surface area contributed by atoms with Crippen molar-refractivity contribution in [2.45, 2.75) is 24.7 Å². The Hall–Kier alpha value is -1.94. The summed E-state index contributed by atoms with van der Waals surface area (Å²) < 4.78 is 11.0. The molecule has 0 aromatic heterocycles. The van der Waals surface area contributed by atoms with Crippen LogP contribution in [0.15, 0.2) is 60.7 Å². The predicted octanol–water partition coefficient (Wildman–Crippen LogP) is 3.39. The summed E-state index contributed by atoms with van der Waals surface area (Å²) in [7, 11) is 1.59. The van der Waals surface area contributed by atoms with Crippen molar-refractivity contribution >= 4 is 6.08 Å². The Morgan fingerprint density at radius 2 is 1.91 bits per heavy atom. The molecule has 0 bridgehead atoms. The van der Waals surface area contributed by atoms with E-state index in [2.05, 4.69) is 36.4 Å². The van der Waals surface area contributed by atoms with Gasteiger partial charge in [0.1, 0.15) is 6.10 Å². The normalized spacial score (nSPS) is 22.0. The maximum absolute atomic E-state index is 10.4. The van der Waals surface area contributed by atoms with Crippen LogP contribution in [0.2, 0.25) is 0 Å². The Kier molecular flexibility index (Phi) is 5.23. The first-order valence-corrected chi connectivity index (χ1v) is 7.89. The van der Waals surface area contributed by atoms with E-state index in [1.807, 2.05) is 30.3 Å². The second-order valence-electron chi connectivity index (χ2n) is 5.79. The van der Waals surface area contributed by atoms with Crippen molar-refractivity contribution in [1.29, 1.82) is 0 Å². The minimum absolute atomic E-state index is 0.00491. The van der Waals surface area contributed by atoms with Crippen LogP contribution in [0.3, 0.4) is 0 Å². The summed E-state index contributed by atoms with van der Waals surface area (Å²) in [6.07, 6.45) is 3.25. The van der Waals surface area contributed by atoms with Gasteiger partial charge in [0.15, 0.2) is 0 Å². The first-order chi connectivity index (χ1) is 11.3. The fourth-order valence-corrected chi connectivity index (χ4v) is 3.07. The van der Waals surface area contributed by atoms with E-state index in [-0.39, 0.29) is 18.6 Å². The lowest BCUT2D eigenvalue weighted by Gasteiger charge is -2.34. The summed E-state index contributed by atoms with van der Waals surface area (Å²) in [4.78, 5) is 0. The zero-order valence-corrected chi connectivity index (χ0v) is 13.3. The number of fused-ring (bicyclic) bond motifs is 1. The molecular formula is C20H22O3. The van der Waals surface area contributed by atoms with E-state index in [1.54, 1.807) is 7.11 Å². The Morgan fingerprint density at radius 3 is 2.70 bits per heavy atom. The van der Waals surface area contributed by atoms with Gasteiger partial charge < -0.3 is 14.6 Å². The Balaban J connectivity index is 1.91. The summed E-state index contributed by atoms with van der Waals surface area (Å²) in [6.45, 7) is 0.791. The molecule has 2 aromatic rings. The third-order valence-corrected chi connectivity index (χ3v) is 4.21. The number of benzene rings is 2. The molecule has 0 unspecified atom stereocenters. The molecule has 0 saturated carbocycles. The van der Waals surface area contributed by atoms with Crippen molar-refractivity contribution in [2.24, 2.45) is 0 Å². The second kappa shape index (κ2) is 7.55. The van der Waals surface area contributed by atoms with Crippen LogP contribution in [-0.4, -0.2) is 31.0 Å². The molecule has 1 heterocycles. The van der Waals surface area contributed by atoms with Crippen LogP contribution in [-0.2, 0) is 16.1 Å². The fraction of sp³-hybridized carbons (Fsp3) is 0.300. The monoisotopic (exact) mass is 310 g/mol. The molecule has 1 aliphatic heterocycles. The minimum atomic E-state index is -0.654. The number of methoxy groups -OCH3 is 1. The van der Waals surface area contributed by atoms with Crippen molar-refractivity contribution in [1.82, 2.24) is 0 Å². The smallest absolute Gasteiger partial charge is 0.104 e. The molecule has 0 radical (unpaired) electrons. The van der Waals surface area contributed by atoms with Crippen LogP contribution in [0.5, 0.6) is 0 Å². The van der Waals surface area contributed by atoms with Gasteiger partial charge >= 0.3 is 0 Å². The molecule has 0 fully saturated rings. The van der Waals surface area contributed by atoms with E-state index in [0.717, 1.165) is 5.56 Å². The van der Waals surface area contributed by atoms with Crippen LogP contribution < -0.4 is 0 Å². The molecule has 3 atom stereocenters. The Labute approximate surface area is 137 Å². The van der Waals surface area contributed by atoms with Gasteiger partial charge in [-0.1, -0.05) is 66.7 Å². The second-order valence-corrected chi connectivity index (χ2v) is 5.79. The number of hydrogen-bond acceptors (Lipinski definition) is 3. The number of aliphatic hydroxyl groups is 1. The average molecular weight is 310 g/mol. The van der Waals surface area contributed by atoms with Crippen molar-refractivity contribution in [2.75, 3.05) is 13.7 Å². The van der Waals surface area contributed by atoms with Gasteiger partial charge in [-0.3, -0.25) is 0 Å². The van der Waals surface area contributed by atoms with Gasteiger partial charge in [-0.05, 0) is 16.7 Å². The highest BCUT2D eigenvalue weighted by molar-refractivity contribution is 5.52. The topological polar surface area (TPSA) is 38.7 Å². The number of aliphatic hydroxyl groups excluding tert-OH is 1. The molecule has 1 N–H and O–H groups in total. The zero-order valence-electron chi connectivity index (χ0n) is 13.3. The molecule has 0 amide bonds. The third kappa shape index (κ3) is 3.70. The number of rotatable bonds is 5. The molecule has 120 valence electrons. The summed E-state index contributed by atoms with van der Waals surface area (Å²) in [5, 5.41) is 10.4. The van der Waals surface area contributed by atoms with Crippen molar-refractivity contribution in [3.63, 3.8) is 0 Å². The number of ether oxygens (including phenoxy) is 2. The van der Waals surface area contributed by atoms with Crippen LogP contribution >= 0.6 is 0 Å². The standard InChI is InChI=1S/C20H22O3/c1-22-14-19(21)20-18(12-11-15-7-3-2-4-8-15)17-10-6-5-9-16(17)13-23-20/h2-12,18-21H,13-14H2,1H3/t18-,19-,20+/m1/s1. The summed E-state index contributed by atoms with van der Waals surface area (Å²) in [5.74, 6) is 0.00491. The maximum Gasteiger partial charge on any atom is 0.104 e. The van der Waals surface area contributed by atoms with Crippen LogP contribution in [0, 0.1) is 0 Å². The van der Waals surface area contributed by atoms with E-state index in [4.69, 9.17) is 9.47 Å². The minimum Gasteiger partial charge on any atom is -0.388 e. The zero-order chi connectivity index (χ0) is 16.1. The molecule has 0 saturated heterocycles. The maximum atomic E-state index is 10.4. The van der Waals surface area contributed by atoms with Crippen LogP contribution in [0.25, 0.3) is 6.08 Å². The Morgan fingerprint density at radius 1 is 1.17 bits per heavy atom. The molecular weight excluding hydrogens is 288 g/mol. The fourth-order valence-electron chi connectivity index (χ4n) is 3.07. The van der Waals surface area contributed by atoms with Crippen LogP contribution in [0.1, 0.15) is 22.6 Å². The molecule has 23 heavy (non-hydrogen) atoms. The molecule has 0 spiro atoms. The summed E-state index contributed by atoms with van der Waals surface area (Å²) >= 11 is 0. The van der Waals surface area contributed by atoms with Crippen LogP contribution in [0.4, 0.5) is 0 Å². The molecule has 3 rings (SSSR count). The van der Waals surface area contributed by atoms with Crippen molar-refractivity contribution in [3.8, 4) is 0 Å². The van der Waals surface area contributed by atoms with E-state index < -0.39 is 6.10 Å². The van der Waals surface area contributed by atoms with Crippen molar-refractivity contribution < 1.29 is 14.6 Å². The summed E-state index contributed by atoms with van der Waals surface area (Å²) in [6, 6.07) is 18.4. The first kappa shape index (κ1) is 15.9. The largest absolute Gasteiger partial charge is 0.388 e. The average Bonchev–Trinajstić information content (AvgIpc) is 2.60.